The molecular weight excluding hydrogens is 252 g/mol. The topological polar surface area (TPSA) is 49.4 Å². The van der Waals surface area contributed by atoms with Crippen LogP contribution in [0, 0.1) is 0 Å². The van der Waals surface area contributed by atoms with Gasteiger partial charge in [-0.25, -0.2) is 0 Å². The van der Waals surface area contributed by atoms with Crippen LogP contribution in [0.5, 0.6) is 0 Å². The molecule has 0 aromatic heterocycles. The van der Waals surface area contributed by atoms with Crippen LogP contribution < -0.4 is 5.32 Å². The average Bonchev–Trinajstić information content (AvgIpc) is 2.47. The summed E-state index contributed by atoms with van der Waals surface area (Å²) >= 11 is 0. The van der Waals surface area contributed by atoms with Gasteiger partial charge in [-0.05, 0) is 24.3 Å². The molecule has 0 aliphatic rings. The van der Waals surface area contributed by atoms with Crippen LogP contribution in [0.25, 0.3) is 0 Å². The minimum atomic E-state index is -0.0850. The molecule has 0 heterocycles. The van der Waals surface area contributed by atoms with Gasteiger partial charge < -0.3 is 10.2 Å². The van der Waals surface area contributed by atoms with E-state index in [1.54, 1.807) is 48.2 Å². The number of anilines is 1. The monoisotopic (exact) mass is 272 g/mol. The van der Waals surface area contributed by atoms with E-state index >= 15 is 0 Å². The van der Waals surface area contributed by atoms with Gasteiger partial charge in [-0.2, -0.15) is 0 Å². The Bertz CT molecular complexity index is 482. The van der Waals surface area contributed by atoms with Crippen molar-refractivity contribution in [2.24, 2.45) is 0 Å². The molecule has 0 aliphatic carbocycles. The molecule has 0 aliphatic heterocycles. The second-order valence-corrected chi connectivity index (χ2v) is 4.27. The molecule has 1 aromatic carbocycles. The summed E-state index contributed by atoms with van der Waals surface area (Å²) in [5.74, 6) is -0.137. The standard InChI is InChI=1S/C16H20N2O2/c1-4-11-18(12-5-2)16(20)13-7-9-14(10-8-13)17-15(19)6-3/h4-5,7-10H,1-2,6,11-12H2,3H3,(H,17,19). The molecule has 4 nitrogen and oxygen atoms in total. The van der Waals surface area contributed by atoms with E-state index in [-0.39, 0.29) is 11.8 Å². The molecule has 0 fully saturated rings. The Balaban J connectivity index is 2.80. The van der Waals surface area contributed by atoms with Crippen molar-refractivity contribution in [3.63, 3.8) is 0 Å². The summed E-state index contributed by atoms with van der Waals surface area (Å²) in [6.45, 7) is 10.0. The van der Waals surface area contributed by atoms with Gasteiger partial charge in [-0.1, -0.05) is 19.1 Å². The van der Waals surface area contributed by atoms with Gasteiger partial charge in [0.15, 0.2) is 0 Å². The first kappa shape index (κ1) is 15.7. The van der Waals surface area contributed by atoms with Crippen LogP contribution in [0.3, 0.4) is 0 Å². The predicted molar refractivity (Wildman–Crippen MR) is 81.7 cm³/mol. The van der Waals surface area contributed by atoms with Gasteiger partial charge in [0.2, 0.25) is 5.91 Å². The fraction of sp³-hybridized carbons (Fsp3) is 0.250. The fourth-order valence-electron chi connectivity index (χ4n) is 1.68. The number of benzene rings is 1. The van der Waals surface area contributed by atoms with Crippen LogP contribution in [0.2, 0.25) is 0 Å². The van der Waals surface area contributed by atoms with Crippen LogP contribution in [0.4, 0.5) is 5.69 Å². The summed E-state index contributed by atoms with van der Waals surface area (Å²) in [4.78, 5) is 25.2. The lowest BCUT2D eigenvalue weighted by Crippen LogP contribution is -2.31. The second kappa shape index (κ2) is 7.94. The van der Waals surface area contributed by atoms with Crippen molar-refractivity contribution in [2.75, 3.05) is 18.4 Å². The Morgan fingerprint density at radius 2 is 1.70 bits per heavy atom. The first-order valence-electron chi connectivity index (χ1n) is 6.53. The van der Waals surface area contributed by atoms with Crippen molar-refractivity contribution in [2.45, 2.75) is 13.3 Å². The van der Waals surface area contributed by atoms with Crippen molar-refractivity contribution in [3.05, 3.63) is 55.1 Å². The fourth-order valence-corrected chi connectivity index (χ4v) is 1.68. The molecule has 1 aromatic rings. The molecule has 106 valence electrons. The van der Waals surface area contributed by atoms with Gasteiger partial charge in [0.25, 0.3) is 5.91 Å². The molecule has 0 atom stereocenters. The van der Waals surface area contributed by atoms with E-state index in [2.05, 4.69) is 18.5 Å². The van der Waals surface area contributed by atoms with Gasteiger partial charge in [-0.3, -0.25) is 9.59 Å². The number of carbonyl (C=O) groups is 2. The number of amides is 2. The van der Waals surface area contributed by atoms with E-state index in [1.165, 1.54) is 0 Å². The number of hydrogen-bond donors (Lipinski definition) is 1. The first-order valence-corrected chi connectivity index (χ1v) is 6.53. The van der Waals surface area contributed by atoms with Crippen LogP contribution >= 0.6 is 0 Å². The third kappa shape index (κ3) is 4.39. The number of rotatable bonds is 7. The zero-order chi connectivity index (χ0) is 15.0. The number of hydrogen-bond acceptors (Lipinski definition) is 2. The minimum Gasteiger partial charge on any atom is -0.331 e. The Kier molecular flexibility index (Phi) is 6.23. The Morgan fingerprint density at radius 1 is 1.15 bits per heavy atom. The molecule has 0 bridgehead atoms. The quantitative estimate of drug-likeness (QED) is 0.776. The maximum atomic E-state index is 12.3. The van der Waals surface area contributed by atoms with Crippen molar-refractivity contribution in [1.82, 2.24) is 4.90 Å². The Morgan fingerprint density at radius 3 is 2.15 bits per heavy atom. The van der Waals surface area contributed by atoms with Crippen LogP contribution in [0.15, 0.2) is 49.6 Å². The lowest BCUT2D eigenvalue weighted by Gasteiger charge is -2.19. The summed E-state index contributed by atoms with van der Waals surface area (Å²) in [6.07, 6.45) is 3.78. The highest BCUT2D eigenvalue weighted by molar-refractivity contribution is 5.96. The smallest absolute Gasteiger partial charge is 0.254 e. The highest BCUT2D eigenvalue weighted by Crippen LogP contribution is 2.12. The molecule has 2 amide bonds. The predicted octanol–water partition coefficient (Wildman–Crippen LogP) is 2.85. The lowest BCUT2D eigenvalue weighted by atomic mass is 10.1. The van der Waals surface area contributed by atoms with E-state index < -0.39 is 0 Å². The third-order valence-corrected chi connectivity index (χ3v) is 2.72. The van der Waals surface area contributed by atoms with Crippen molar-refractivity contribution in [1.29, 1.82) is 0 Å². The van der Waals surface area contributed by atoms with Crippen molar-refractivity contribution < 1.29 is 9.59 Å². The molecule has 0 saturated carbocycles. The second-order valence-electron chi connectivity index (χ2n) is 4.27. The largest absolute Gasteiger partial charge is 0.331 e. The van der Waals surface area contributed by atoms with E-state index in [9.17, 15) is 9.59 Å². The van der Waals surface area contributed by atoms with E-state index in [4.69, 9.17) is 0 Å². The average molecular weight is 272 g/mol. The van der Waals surface area contributed by atoms with Crippen LogP contribution in [-0.4, -0.2) is 29.8 Å². The highest BCUT2D eigenvalue weighted by atomic mass is 16.2. The van der Waals surface area contributed by atoms with Crippen molar-refractivity contribution in [3.8, 4) is 0 Å². The Labute approximate surface area is 119 Å². The zero-order valence-corrected chi connectivity index (χ0v) is 11.8. The molecule has 1 rings (SSSR count). The molecule has 20 heavy (non-hydrogen) atoms. The summed E-state index contributed by atoms with van der Waals surface area (Å²) in [5.41, 5.74) is 1.26. The van der Waals surface area contributed by atoms with Gasteiger partial charge in [0.05, 0.1) is 0 Å². The summed E-state index contributed by atoms with van der Waals surface area (Å²) < 4.78 is 0. The van der Waals surface area contributed by atoms with Crippen molar-refractivity contribution >= 4 is 17.5 Å². The lowest BCUT2D eigenvalue weighted by molar-refractivity contribution is -0.115. The molecule has 4 heteroatoms. The van der Waals surface area contributed by atoms with Gasteiger partial charge in [0, 0.05) is 30.8 Å². The number of nitrogens with zero attached hydrogens (tertiary/aromatic N) is 1. The first-order chi connectivity index (χ1) is 9.62. The molecular formula is C16H20N2O2. The normalized spacial score (nSPS) is 9.65. The number of carbonyl (C=O) groups excluding carboxylic acids is 2. The summed E-state index contributed by atoms with van der Waals surface area (Å²) in [6, 6.07) is 6.85. The van der Waals surface area contributed by atoms with Crippen LogP contribution in [-0.2, 0) is 4.79 Å². The third-order valence-electron chi connectivity index (χ3n) is 2.72. The van der Waals surface area contributed by atoms with E-state index in [0.717, 1.165) is 0 Å². The van der Waals surface area contributed by atoms with E-state index in [0.29, 0.717) is 30.8 Å². The van der Waals surface area contributed by atoms with Crippen LogP contribution in [0.1, 0.15) is 23.7 Å². The summed E-state index contributed by atoms with van der Waals surface area (Å²) in [5, 5.41) is 2.74. The molecule has 0 radical (unpaired) electrons. The number of nitrogens with one attached hydrogen (secondary N) is 1. The molecule has 0 saturated heterocycles. The van der Waals surface area contributed by atoms with Gasteiger partial charge in [-0.15, -0.1) is 13.2 Å². The Hall–Kier alpha value is -2.36. The molecule has 0 spiro atoms. The van der Waals surface area contributed by atoms with Gasteiger partial charge >= 0.3 is 0 Å². The maximum Gasteiger partial charge on any atom is 0.254 e. The summed E-state index contributed by atoms with van der Waals surface area (Å²) in [7, 11) is 0. The molecule has 1 N–H and O–H groups in total. The molecule has 0 unspecified atom stereocenters. The van der Waals surface area contributed by atoms with Gasteiger partial charge in [0.1, 0.15) is 0 Å². The maximum absolute atomic E-state index is 12.3. The van der Waals surface area contributed by atoms with E-state index in [1.807, 2.05) is 0 Å². The minimum absolute atomic E-state index is 0.0518. The highest BCUT2D eigenvalue weighted by Gasteiger charge is 2.13. The SMILES string of the molecule is C=CCN(CC=C)C(=O)c1ccc(NC(=O)CC)cc1. The zero-order valence-electron chi connectivity index (χ0n) is 11.8.